The van der Waals surface area contributed by atoms with E-state index >= 15 is 0 Å². The fourth-order valence-corrected chi connectivity index (χ4v) is 1.81. The van der Waals surface area contributed by atoms with Crippen LogP contribution in [0.3, 0.4) is 0 Å². The summed E-state index contributed by atoms with van der Waals surface area (Å²) in [6.07, 6.45) is 0.358. The molecular formula is C14H19N5O. The third-order valence-corrected chi connectivity index (χ3v) is 2.90. The Morgan fingerprint density at radius 2 is 2.00 bits per heavy atom. The number of carbonyl (C=O) groups is 1. The van der Waals surface area contributed by atoms with Gasteiger partial charge in [0.2, 0.25) is 5.91 Å². The molecule has 1 aromatic heterocycles. The van der Waals surface area contributed by atoms with Crippen molar-refractivity contribution in [2.24, 2.45) is 0 Å². The van der Waals surface area contributed by atoms with E-state index in [4.69, 9.17) is 0 Å². The minimum atomic E-state index is -0.0370. The van der Waals surface area contributed by atoms with Gasteiger partial charge in [-0.05, 0) is 24.6 Å². The minimum absolute atomic E-state index is 0.0370. The van der Waals surface area contributed by atoms with Crippen LogP contribution in [-0.2, 0) is 17.8 Å². The molecule has 0 atom stereocenters. The van der Waals surface area contributed by atoms with E-state index in [-0.39, 0.29) is 5.91 Å². The zero-order valence-corrected chi connectivity index (χ0v) is 12.0. The van der Waals surface area contributed by atoms with Gasteiger partial charge in [-0.2, -0.15) is 5.10 Å². The van der Waals surface area contributed by atoms with Gasteiger partial charge in [-0.25, -0.2) is 4.98 Å². The van der Waals surface area contributed by atoms with Gasteiger partial charge in [0.05, 0.1) is 13.0 Å². The van der Waals surface area contributed by atoms with E-state index in [1.54, 1.807) is 0 Å². The molecule has 0 fully saturated rings. The van der Waals surface area contributed by atoms with E-state index in [9.17, 15) is 4.79 Å². The number of hydrogen-bond acceptors (Lipinski definition) is 4. The molecular weight excluding hydrogens is 254 g/mol. The van der Waals surface area contributed by atoms with Crippen LogP contribution < -0.4 is 10.2 Å². The summed E-state index contributed by atoms with van der Waals surface area (Å²) in [5.74, 6) is 1.30. The van der Waals surface area contributed by atoms with Gasteiger partial charge in [0.1, 0.15) is 5.82 Å². The van der Waals surface area contributed by atoms with Crippen LogP contribution in [-0.4, -0.2) is 35.2 Å². The fourth-order valence-electron chi connectivity index (χ4n) is 1.81. The van der Waals surface area contributed by atoms with Crippen molar-refractivity contribution in [2.45, 2.75) is 19.9 Å². The Morgan fingerprint density at radius 1 is 1.30 bits per heavy atom. The summed E-state index contributed by atoms with van der Waals surface area (Å²) >= 11 is 0. The number of rotatable bonds is 5. The normalized spacial score (nSPS) is 10.3. The number of aromatic amines is 1. The lowest BCUT2D eigenvalue weighted by atomic mass is 10.1. The molecule has 1 heterocycles. The molecule has 0 bridgehead atoms. The van der Waals surface area contributed by atoms with Crippen molar-refractivity contribution in [3.8, 4) is 0 Å². The van der Waals surface area contributed by atoms with Gasteiger partial charge in [0.25, 0.3) is 0 Å². The second-order valence-corrected chi connectivity index (χ2v) is 4.85. The SMILES string of the molecule is Cc1nc(CNC(=O)Cc2ccc(N(C)C)cc2)n[nH]1. The van der Waals surface area contributed by atoms with Crippen LogP contribution in [0.4, 0.5) is 5.69 Å². The summed E-state index contributed by atoms with van der Waals surface area (Å²) in [7, 11) is 3.97. The van der Waals surface area contributed by atoms with Crippen molar-refractivity contribution in [1.82, 2.24) is 20.5 Å². The summed E-state index contributed by atoms with van der Waals surface area (Å²) in [6.45, 7) is 2.17. The molecule has 0 aliphatic heterocycles. The van der Waals surface area contributed by atoms with E-state index in [1.807, 2.05) is 50.2 Å². The van der Waals surface area contributed by atoms with E-state index in [2.05, 4.69) is 20.5 Å². The second kappa shape index (κ2) is 6.18. The third-order valence-electron chi connectivity index (χ3n) is 2.90. The summed E-state index contributed by atoms with van der Waals surface area (Å²) in [5, 5.41) is 9.51. The third kappa shape index (κ3) is 3.81. The van der Waals surface area contributed by atoms with E-state index in [0.29, 0.717) is 18.8 Å². The van der Waals surface area contributed by atoms with Crippen molar-refractivity contribution < 1.29 is 4.79 Å². The topological polar surface area (TPSA) is 73.9 Å². The zero-order valence-electron chi connectivity index (χ0n) is 12.0. The maximum Gasteiger partial charge on any atom is 0.224 e. The number of nitrogens with zero attached hydrogens (tertiary/aromatic N) is 3. The predicted octanol–water partition coefficient (Wildman–Crippen LogP) is 1.04. The van der Waals surface area contributed by atoms with Crippen LogP contribution >= 0.6 is 0 Å². The molecule has 6 nitrogen and oxygen atoms in total. The molecule has 0 aliphatic carbocycles. The molecule has 2 N–H and O–H groups in total. The van der Waals surface area contributed by atoms with Gasteiger partial charge in [-0.3, -0.25) is 9.89 Å². The first-order valence-corrected chi connectivity index (χ1v) is 6.45. The number of hydrogen-bond donors (Lipinski definition) is 2. The first kappa shape index (κ1) is 14.0. The van der Waals surface area contributed by atoms with Gasteiger partial charge in [0, 0.05) is 19.8 Å². The smallest absolute Gasteiger partial charge is 0.224 e. The van der Waals surface area contributed by atoms with Gasteiger partial charge in [-0.1, -0.05) is 12.1 Å². The quantitative estimate of drug-likeness (QED) is 0.853. The van der Waals surface area contributed by atoms with Crippen molar-refractivity contribution >= 4 is 11.6 Å². The lowest BCUT2D eigenvalue weighted by Crippen LogP contribution is -2.25. The van der Waals surface area contributed by atoms with Crippen LogP contribution in [0.1, 0.15) is 17.2 Å². The van der Waals surface area contributed by atoms with Crippen molar-refractivity contribution in [2.75, 3.05) is 19.0 Å². The molecule has 2 aromatic rings. The molecule has 20 heavy (non-hydrogen) atoms. The Morgan fingerprint density at radius 3 is 2.55 bits per heavy atom. The molecule has 0 spiro atoms. The maximum atomic E-state index is 11.8. The van der Waals surface area contributed by atoms with Crippen molar-refractivity contribution in [3.63, 3.8) is 0 Å². The highest BCUT2D eigenvalue weighted by atomic mass is 16.1. The molecule has 106 valence electrons. The lowest BCUT2D eigenvalue weighted by Gasteiger charge is -2.12. The van der Waals surface area contributed by atoms with E-state index in [0.717, 1.165) is 17.1 Å². The predicted molar refractivity (Wildman–Crippen MR) is 77.4 cm³/mol. The average Bonchev–Trinajstić information content (AvgIpc) is 2.83. The van der Waals surface area contributed by atoms with Crippen LogP contribution in [0.25, 0.3) is 0 Å². The zero-order chi connectivity index (χ0) is 14.5. The number of aryl methyl sites for hydroxylation is 1. The summed E-state index contributed by atoms with van der Waals surface area (Å²) < 4.78 is 0. The molecule has 1 aromatic carbocycles. The number of benzene rings is 1. The molecule has 1 amide bonds. The van der Waals surface area contributed by atoms with E-state index in [1.165, 1.54) is 0 Å². The molecule has 0 saturated carbocycles. The summed E-state index contributed by atoms with van der Waals surface area (Å²) in [5.41, 5.74) is 2.10. The Balaban J connectivity index is 1.84. The second-order valence-electron chi connectivity index (χ2n) is 4.85. The highest BCUT2D eigenvalue weighted by Crippen LogP contribution is 2.12. The lowest BCUT2D eigenvalue weighted by molar-refractivity contribution is -0.120. The molecule has 0 radical (unpaired) electrons. The van der Waals surface area contributed by atoms with Crippen molar-refractivity contribution in [3.05, 3.63) is 41.5 Å². The van der Waals surface area contributed by atoms with Crippen LogP contribution in [0.15, 0.2) is 24.3 Å². The van der Waals surface area contributed by atoms with Gasteiger partial charge in [-0.15, -0.1) is 0 Å². The van der Waals surface area contributed by atoms with Gasteiger partial charge < -0.3 is 10.2 Å². The molecule has 0 saturated heterocycles. The average molecular weight is 273 g/mol. The van der Waals surface area contributed by atoms with Crippen LogP contribution in [0.2, 0.25) is 0 Å². The molecule has 0 unspecified atom stereocenters. The fraction of sp³-hybridized carbons (Fsp3) is 0.357. The highest BCUT2D eigenvalue weighted by Gasteiger charge is 2.06. The number of H-pyrrole nitrogens is 1. The Hall–Kier alpha value is -2.37. The first-order chi connectivity index (χ1) is 9.54. The largest absolute Gasteiger partial charge is 0.378 e. The highest BCUT2D eigenvalue weighted by molar-refractivity contribution is 5.78. The standard InChI is InChI=1S/C14H19N5O/c1-10-16-13(18-17-10)9-15-14(20)8-11-4-6-12(7-5-11)19(2)3/h4-7H,8-9H2,1-3H3,(H,15,20)(H,16,17,18). The maximum absolute atomic E-state index is 11.8. The molecule has 2 rings (SSSR count). The first-order valence-electron chi connectivity index (χ1n) is 6.45. The van der Waals surface area contributed by atoms with Crippen LogP contribution in [0.5, 0.6) is 0 Å². The number of carbonyl (C=O) groups excluding carboxylic acids is 1. The molecule has 6 heteroatoms. The van der Waals surface area contributed by atoms with Crippen molar-refractivity contribution in [1.29, 1.82) is 0 Å². The van der Waals surface area contributed by atoms with Crippen LogP contribution in [0, 0.1) is 6.92 Å². The molecule has 0 aliphatic rings. The monoisotopic (exact) mass is 273 g/mol. The number of nitrogens with one attached hydrogen (secondary N) is 2. The van der Waals surface area contributed by atoms with Gasteiger partial charge in [0.15, 0.2) is 5.82 Å². The number of amides is 1. The Kier molecular flexibility index (Phi) is 4.34. The summed E-state index contributed by atoms with van der Waals surface area (Å²) in [4.78, 5) is 18.0. The van der Waals surface area contributed by atoms with Gasteiger partial charge >= 0.3 is 0 Å². The Labute approximate surface area is 118 Å². The number of anilines is 1. The van der Waals surface area contributed by atoms with E-state index < -0.39 is 0 Å². The Bertz CT molecular complexity index is 574. The summed E-state index contributed by atoms with van der Waals surface area (Å²) in [6, 6.07) is 7.93. The minimum Gasteiger partial charge on any atom is -0.378 e. The number of aromatic nitrogens is 3.